The van der Waals surface area contributed by atoms with Crippen LogP contribution < -0.4 is 10.2 Å². The minimum Gasteiger partial charge on any atom is -0.321 e. The van der Waals surface area contributed by atoms with Crippen LogP contribution in [0.4, 0.5) is 11.4 Å². The topological polar surface area (TPSA) is 49.4 Å². The molecule has 1 heterocycles. The SMILES string of the molecule is CCN1C(=O)c2cccc3c(NC(=O)c4ccc(C)c(C)c4)ccc1c23. The molecule has 4 heteroatoms. The number of hydrogen-bond donors (Lipinski definition) is 1. The quantitative estimate of drug-likeness (QED) is 0.749. The minimum atomic E-state index is -0.148. The molecule has 1 aliphatic rings. The predicted octanol–water partition coefficient (Wildman–Crippen LogP) is 4.69. The van der Waals surface area contributed by atoms with Crippen molar-refractivity contribution in [3.63, 3.8) is 0 Å². The van der Waals surface area contributed by atoms with E-state index >= 15 is 0 Å². The van der Waals surface area contributed by atoms with Gasteiger partial charge in [0.25, 0.3) is 11.8 Å². The van der Waals surface area contributed by atoms with E-state index < -0.39 is 0 Å². The summed E-state index contributed by atoms with van der Waals surface area (Å²) in [5, 5.41) is 4.81. The molecule has 1 N–H and O–H groups in total. The standard InChI is InChI=1S/C22H20N2O2/c1-4-24-19-11-10-18(16-6-5-7-17(20(16)19)22(24)26)23-21(25)15-9-8-13(2)14(3)12-15/h5-12H,4H2,1-3H3,(H,23,25). The molecule has 26 heavy (non-hydrogen) atoms. The van der Waals surface area contributed by atoms with Crippen LogP contribution in [-0.4, -0.2) is 18.4 Å². The molecule has 0 atom stereocenters. The van der Waals surface area contributed by atoms with Gasteiger partial charge in [0.05, 0.1) is 5.69 Å². The maximum Gasteiger partial charge on any atom is 0.258 e. The maximum absolute atomic E-state index is 12.7. The molecule has 0 saturated carbocycles. The summed E-state index contributed by atoms with van der Waals surface area (Å²) in [5.74, 6) is -0.129. The zero-order valence-corrected chi connectivity index (χ0v) is 15.1. The van der Waals surface area contributed by atoms with E-state index in [1.54, 1.807) is 4.90 Å². The van der Waals surface area contributed by atoms with E-state index in [0.717, 1.165) is 33.3 Å². The zero-order valence-electron chi connectivity index (χ0n) is 15.1. The van der Waals surface area contributed by atoms with Crippen molar-refractivity contribution in [3.8, 4) is 0 Å². The van der Waals surface area contributed by atoms with Crippen molar-refractivity contribution >= 4 is 34.0 Å². The Morgan fingerprint density at radius 2 is 1.85 bits per heavy atom. The Bertz CT molecular complexity index is 1070. The van der Waals surface area contributed by atoms with Crippen LogP contribution in [-0.2, 0) is 0 Å². The van der Waals surface area contributed by atoms with Gasteiger partial charge < -0.3 is 10.2 Å². The average molecular weight is 344 g/mol. The van der Waals surface area contributed by atoms with Gasteiger partial charge in [-0.15, -0.1) is 0 Å². The number of nitrogens with zero attached hydrogens (tertiary/aromatic N) is 1. The molecule has 0 aromatic heterocycles. The summed E-state index contributed by atoms with van der Waals surface area (Å²) < 4.78 is 0. The van der Waals surface area contributed by atoms with E-state index in [9.17, 15) is 9.59 Å². The predicted molar refractivity (Wildman–Crippen MR) is 105 cm³/mol. The van der Waals surface area contributed by atoms with E-state index in [1.807, 2.05) is 69.3 Å². The Kier molecular flexibility index (Phi) is 3.76. The van der Waals surface area contributed by atoms with E-state index in [-0.39, 0.29) is 11.8 Å². The van der Waals surface area contributed by atoms with Gasteiger partial charge in [0, 0.05) is 34.1 Å². The normalized spacial score (nSPS) is 12.7. The van der Waals surface area contributed by atoms with Gasteiger partial charge in [0.15, 0.2) is 0 Å². The molecule has 2 amide bonds. The van der Waals surface area contributed by atoms with Crippen LogP contribution in [0.15, 0.2) is 48.5 Å². The summed E-state index contributed by atoms with van der Waals surface area (Å²) in [6.07, 6.45) is 0. The first-order valence-electron chi connectivity index (χ1n) is 8.77. The summed E-state index contributed by atoms with van der Waals surface area (Å²) in [6.45, 7) is 6.61. The van der Waals surface area contributed by atoms with Gasteiger partial charge in [0.1, 0.15) is 0 Å². The first kappa shape index (κ1) is 16.3. The highest BCUT2D eigenvalue weighted by molar-refractivity contribution is 6.27. The molecular formula is C22H20N2O2. The monoisotopic (exact) mass is 344 g/mol. The molecule has 0 unspecified atom stereocenters. The molecule has 0 saturated heterocycles. The summed E-state index contributed by atoms with van der Waals surface area (Å²) in [4.78, 5) is 27.0. The van der Waals surface area contributed by atoms with Crippen molar-refractivity contribution in [1.82, 2.24) is 0 Å². The van der Waals surface area contributed by atoms with E-state index in [1.165, 1.54) is 0 Å². The summed E-state index contributed by atoms with van der Waals surface area (Å²) >= 11 is 0. The number of carbonyl (C=O) groups excluding carboxylic acids is 2. The molecule has 0 aliphatic carbocycles. The van der Waals surface area contributed by atoms with Gasteiger partial charge in [-0.25, -0.2) is 0 Å². The Hall–Kier alpha value is -3.14. The van der Waals surface area contributed by atoms with Crippen LogP contribution in [0.5, 0.6) is 0 Å². The second kappa shape index (κ2) is 5.99. The lowest BCUT2D eigenvalue weighted by Crippen LogP contribution is -2.25. The third kappa shape index (κ3) is 2.37. The van der Waals surface area contributed by atoms with E-state index in [4.69, 9.17) is 0 Å². The molecule has 3 aromatic carbocycles. The summed E-state index contributed by atoms with van der Waals surface area (Å²) in [5.41, 5.74) is 5.20. The highest BCUT2D eigenvalue weighted by Gasteiger charge is 2.29. The molecule has 1 aliphatic heterocycles. The molecule has 0 bridgehead atoms. The lowest BCUT2D eigenvalue weighted by atomic mass is 10.0. The number of benzene rings is 3. The second-order valence-electron chi connectivity index (χ2n) is 6.66. The fraction of sp³-hybridized carbons (Fsp3) is 0.182. The summed E-state index contributed by atoms with van der Waals surface area (Å²) in [6, 6.07) is 15.1. The van der Waals surface area contributed by atoms with Crippen LogP contribution >= 0.6 is 0 Å². The first-order chi connectivity index (χ1) is 12.5. The average Bonchev–Trinajstić information content (AvgIpc) is 2.92. The Balaban J connectivity index is 1.77. The van der Waals surface area contributed by atoms with Crippen molar-refractivity contribution in [2.45, 2.75) is 20.8 Å². The molecule has 4 nitrogen and oxygen atoms in total. The van der Waals surface area contributed by atoms with Crippen molar-refractivity contribution in [1.29, 1.82) is 0 Å². The minimum absolute atomic E-state index is 0.0192. The number of anilines is 2. The molecule has 130 valence electrons. The maximum atomic E-state index is 12.7. The van der Waals surface area contributed by atoms with Crippen LogP contribution in [0.25, 0.3) is 10.8 Å². The number of amides is 2. The number of rotatable bonds is 3. The number of hydrogen-bond acceptors (Lipinski definition) is 2. The van der Waals surface area contributed by atoms with Gasteiger partial charge in [-0.05, 0) is 62.2 Å². The van der Waals surface area contributed by atoms with E-state index in [2.05, 4.69) is 5.32 Å². The number of aryl methyl sites for hydroxylation is 2. The molecular weight excluding hydrogens is 324 g/mol. The van der Waals surface area contributed by atoms with Crippen LogP contribution in [0.1, 0.15) is 38.8 Å². The third-order valence-corrected chi connectivity index (χ3v) is 5.12. The fourth-order valence-corrected chi connectivity index (χ4v) is 3.55. The van der Waals surface area contributed by atoms with Crippen molar-refractivity contribution in [3.05, 3.63) is 70.8 Å². The number of carbonyl (C=O) groups is 2. The Morgan fingerprint density at radius 1 is 1.04 bits per heavy atom. The van der Waals surface area contributed by atoms with Crippen molar-refractivity contribution < 1.29 is 9.59 Å². The largest absolute Gasteiger partial charge is 0.321 e. The molecule has 0 radical (unpaired) electrons. The molecule has 3 aromatic rings. The van der Waals surface area contributed by atoms with Crippen molar-refractivity contribution in [2.24, 2.45) is 0 Å². The van der Waals surface area contributed by atoms with E-state index in [0.29, 0.717) is 17.7 Å². The lowest BCUT2D eigenvalue weighted by Gasteiger charge is -2.15. The Morgan fingerprint density at radius 3 is 2.58 bits per heavy atom. The zero-order chi connectivity index (χ0) is 18.4. The lowest BCUT2D eigenvalue weighted by molar-refractivity contribution is 0.0992. The van der Waals surface area contributed by atoms with Crippen LogP contribution in [0.3, 0.4) is 0 Å². The van der Waals surface area contributed by atoms with Gasteiger partial charge in [0.2, 0.25) is 0 Å². The number of nitrogens with one attached hydrogen (secondary N) is 1. The third-order valence-electron chi connectivity index (χ3n) is 5.12. The summed E-state index contributed by atoms with van der Waals surface area (Å²) in [7, 11) is 0. The fourth-order valence-electron chi connectivity index (χ4n) is 3.55. The first-order valence-corrected chi connectivity index (χ1v) is 8.77. The molecule has 0 spiro atoms. The van der Waals surface area contributed by atoms with Gasteiger partial charge in [-0.3, -0.25) is 9.59 Å². The van der Waals surface area contributed by atoms with Gasteiger partial charge in [-0.1, -0.05) is 18.2 Å². The highest BCUT2D eigenvalue weighted by Crippen LogP contribution is 2.40. The highest BCUT2D eigenvalue weighted by atomic mass is 16.2. The molecule has 0 fully saturated rings. The van der Waals surface area contributed by atoms with Crippen molar-refractivity contribution in [2.75, 3.05) is 16.8 Å². The van der Waals surface area contributed by atoms with Gasteiger partial charge in [-0.2, -0.15) is 0 Å². The Labute approximate surface area is 152 Å². The van der Waals surface area contributed by atoms with Gasteiger partial charge >= 0.3 is 0 Å². The smallest absolute Gasteiger partial charge is 0.258 e. The van der Waals surface area contributed by atoms with Crippen LogP contribution in [0, 0.1) is 13.8 Å². The second-order valence-corrected chi connectivity index (χ2v) is 6.66. The molecule has 4 rings (SSSR count). The van der Waals surface area contributed by atoms with Crippen LogP contribution in [0.2, 0.25) is 0 Å².